The molecule has 3 aromatic rings. The number of carbonyl (C=O) groups excluding carboxylic acids is 1. The largest absolute Gasteiger partial charge is 0.347 e. The number of amides is 1. The third kappa shape index (κ3) is 2.81. The smallest absolute Gasteiger partial charge is 0.270 e. The zero-order valence-corrected chi connectivity index (χ0v) is 17.4. The molecule has 1 saturated heterocycles. The van der Waals surface area contributed by atoms with Gasteiger partial charge in [-0.05, 0) is 43.4 Å². The van der Waals surface area contributed by atoms with E-state index in [0.717, 1.165) is 67.0 Å². The van der Waals surface area contributed by atoms with Crippen molar-refractivity contribution in [2.45, 2.75) is 31.1 Å². The molecule has 0 saturated carbocycles. The molecule has 0 radical (unpaired) electrons. The molecule has 0 bridgehead atoms. The minimum absolute atomic E-state index is 0.0401. The van der Waals surface area contributed by atoms with Crippen LogP contribution in [0.3, 0.4) is 0 Å². The molecule has 1 amide bonds. The number of aryl methyl sites for hydroxylation is 2. The number of anilines is 1. The van der Waals surface area contributed by atoms with Crippen LogP contribution in [-0.2, 0) is 18.9 Å². The van der Waals surface area contributed by atoms with Crippen LogP contribution >= 0.6 is 0 Å². The van der Waals surface area contributed by atoms with Crippen LogP contribution in [0.1, 0.15) is 41.0 Å². The molecule has 3 heterocycles. The van der Waals surface area contributed by atoms with Crippen LogP contribution in [0.15, 0.2) is 36.5 Å². The summed E-state index contributed by atoms with van der Waals surface area (Å²) >= 11 is 0. The average molecular weight is 390 g/mol. The van der Waals surface area contributed by atoms with Crippen LogP contribution in [0.2, 0.25) is 0 Å². The van der Waals surface area contributed by atoms with Gasteiger partial charge in [-0.2, -0.15) is 0 Å². The lowest BCUT2D eigenvalue weighted by atomic mass is 9.77. The Labute approximate surface area is 171 Å². The summed E-state index contributed by atoms with van der Waals surface area (Å²) in [5.41, 5.74) is 4.22. The second-order valence-corrected chi connectivity index (χ2v) is 8.70. The van der Waals surface area contributed by atoms with Crippen molar-refractivity contribution in [3.8, 4) is 0 Å². The van der Waals surface area contributed by atoms with Crippen molar-refractivity contribution in [2.75, 3.05) is 32.1 Å². The molecule has 2 aromatic heterocycles. The van der Waals surface area contributed by atoms with Crippen LogP contribution in [0.25, 0.3) is 10.9 Å². The lowest BCUT2D eigenvalue weighted by molar-refractivity contribution is 0.0624. The molecule has 1 aliphatic carbocycles. The summed E-state index contributed by atoms with van der Waals surface area (Å²) in [4.78, 5) is 26.9. The van der Waals surface area contributed by atoms with Crippen LogP contribution in [0.5, 0.6) is 0 Å². The number of hydrogen-bond donors (Lipinski definition) is 0. The normalized spacial score (nSPS) is 21.0. The molecular formula is C23H27N5O. The number of rotatable bonds is 2. The summed E-state index contributed by atoms with van der Waals surface area (Å²) < 4.78 is 2.02. The Morgan fingerprint density at radius 2 is 2.03 bits per heavy atom. The molecule has 29 heavy (non-hydrogen) atoms. The predicted octanol–water partition coefficient (Wildman–Crippen LogP) is 3.15. The summed E-state index contributed by atoms with van der Waals surface area (Å²) in [6.07, 6.45) is 6.13. The molecule has 1 unspecified atom stereocenters. The highest BCUT2D eigenvalue weighted by Crippen LogP contribution is 2.44. The monoisotopic (exact) mass is 389 g/mol. The van der Waals surface area contributed by atoms with E-state index in [0.29, 0.717) is 0 Å². The highest BCUT2D eigenvalue weighted by molar-refractivity contribution is 5.98. The topological polar surface area (TPSA) is 54.3 Å². The van der Waals surface area contributed by atoms with E-state index in [-0.39, 0.29) is 11.3 Å². The maximum Gasteiger partial charge on any atom is 0.270 e. The average Bonchev–Trinajstić information content (AvgIpc) is 3.26. The van der Waals surface area contributed by atoms with Gasteiger partial charge in [0.2, 0.25) is 5.95 Å². The third-order valence-electron chi connectivity index (χ3n) is 6.66. The standard InChI is InChI=1S/C23H27N5O/c1-26(2)22-24-14-17-9-11-23(20(17)25-22)10-6-12-28(15-23)21(29)19-13-16-7-4-5-8-18(16)27(19)3/h4-5,7-8,13-14H,6,9-12,15H2,1-3H3. The number of benzene rings is 1. The number of likely N-dealkylation sites (tertiary alicyclic amines) is 1. The minimum atomic E-state index is -0.0401. The Hall–Kier alpha value is -2.89. The SMILES string of the molecule is CN(C)c1ncc2c(n1)C1(CCCN(C(=O)c3cc4ccccc4n3C)C1)CC2. The fourth-order valence-corrected chi connectivity index (χ4v) is 5.11. The van der Waals surface area contributed by atoms with Gasteiger partial charge in [-0.3, -0.25) is 4.79 Å². The molecule has 5 rings (SSSR count). The molecule has 1 spiro atoms. The highest BCUT2D eigenvalue weighted by Gasteiger charge is 2.45. The van der Waals surface area contributed by atoms with Crippen LogP contribution < -0.4 is 4.90 Å². The second-order valence-electron chi connectivity index (χ2n) is 8.70. The third-order valence-corrected chi connectivity index (χ3v) is 6.66. The van der Waals surface area contributed by atoms with Gasteiger partial charge in [0.25, 0.3) is 5.91 Å². The van der Waals surface area contributed by atoms with E-state index in [4.69, 9.17) is 4.98 Å². The fraction of sp³-hybridized carbons (Fsp3) is 0.435. The van der Waals surface area contributed by atoms with E-state index in [1.807, 2.05) is 59.9 Å². The van der Waals surface area contributed by atoms with E-state index in [1.165, 1.54) is 5.56 Å². The van der Waals surface area contributed by atoms with Gasteiger partial charge in [-0.15, -0.1) is 0 Å². The molecular weight excluding hydrogens is 362 g/mol. The van der Waals surface area contributed by atoms with Gasteiger partial charge in [0.05, 0.1) is 5.69 Å². The Morgan fingerprint density at radius 3 is 2.83 bits per heavy atom. The molecule has 1 fully saturated rings. The summed E-state index contributed by atoms with van der Waals surface area (Å²) in [5.74, 6) is 0.875. The highest BCUT2D eigenvalue weighted by atomic mass is 16.2. The lowest BCUT2D eigenvalue weighted by Crippen LogP contribution is -2.48. The van der Waals surface area contributed by atoms with Crippen molar-refractivity contribution in [3.05, 3.63) is 53.5 Å². The molecule has 0 N–H and O–H groups in total. The van der Waals surface area contributed by atoms with E-state index >= 15 is 0 Å². The molecule has 2 aliphatic rings. The van der Waals surface area contributed by atoms with Crippen molar-refractivity contribution in [3.63, 3.8) is 0 Å². The van der Waals surface area contributed by atoms with Crippen molar-refractivity contribution < 1.29 is 4.79 Å². The summed E-state index contributed by atoms with van der Waals surface area (Å²) in [7, 11) is 5.93. The van der Waals surface area contributed by atoms with Gasteiger partial charge in [0.15, 0.2) is 0 Å². The Kier molecular flexibility index (Phi) is 4.12. The molecule has 6 nitrogen and oxygen atoms in total. The van der Waals surface area contributed by atoms with Crippen LogP contribution in [0.4, 0.5) is 5.95 Å². The quantitative estimate of drug-likeness (QED) is 0.676. The molecule has 6 heteroatoms. The van der Waals surface area contributed by atoms with Gasteiger partial charge in [0, 0.05) is 56.7 Å². The number of hydrogen-bond acceptors (Lipinski definition) is 4. The van der Waals surface area contributed by atoms with E-state index in [9.17, 15) is 4.79 Å². The number of piperidine rings is 1. The van der Waals surface area contributed by atoms with Gasteiger partial charge in [0.1, 0.15) is 5.69 Å². The first-order valence-corrected chi connectivity index (χ1v) is 10.4. The lowest BCUT2D eigenvalue weighted by Gasteiger charge is -2.40. The molecule has 1 atom stereocenters. The Bertz CT molecular complexity index is 1100. The number of nitrogens with zero attached hydrogens (tertiary/aromatic N) is 5. The number of aromatic nitrogens is 3. The summed E-state index contributed by atoms with van der Waals surface area (Å²) in [5, 5.41) is 1.11. The number of carbonyl (C=O) groups is 1. The van der Waals surface area contributed by atoms with Crippen LogP contribution in [0, 0.1) is 0 Å². The van der Waals surface area contributed by atoms with Gasteiger partial charge < -0.3 is 14.4 Å². The van der Waals surface area contributed by atoms with Crippen molar-refractivity contribution >= 4 is 22.8 Å². The summed E-state index contributed by atoms with van der Waals surface area (Å²) in [6.45, 7) is 1.55. The van der Waals surface area contributed by atoms with Crippen LogP contribution in [-0.4, -0.2) is 52.5 Å². The number of para-hydroxylation sites is 1. The Balaban J connectivity index is 1.48. The first-order chi connectivity index (χ1) is 14.0. The van der Waals surface area contributed by atoms with Crippen molar-refractivity contribution in [2.24, 2.45) is 7.05 Å². The van der Waals surface area contributed by atoms with Gasteiger partial charge in [-0.25, -0.2) is 9.97 Å². The fourth-order valence-electron chi connectivity index (χ4n) is 5.11. The van der Waals surface area contributed by atoms with E-state index < -0.39 is 0 Å². The maximum atomic E-state index is 13.5. The molecule has 1 aromatic carbocycles. The van der Waals surface area contributed by atoms with E-state index in [1.54, 1.807) is 0 Å². The minimum Gasteiger partial charge on any atom is -0.347 e. The maximum absolute atomic E-state index is 13.5. The van der Waals surface area contributed by atoms with Gasteiger partial charge >= 0.3 is 0 Å². The second kappa shape index (κ2) is 6.58. The van der Waals surface area contributed by atoms with E-state index in [2.05, 4.69) is 17.1 Å². The van der Waals surface area contributed by atoms with Crippen molar-refractivity contribution in [1.82, 2.24) is 19.4 Å². The molecule has 150 valence electrons. The number of fused-ring (bicyclic) bond motifs is 3. The summed E-state index contributed by atoms with van der Waals surface area (Å²) in [6, 6.07) is 10.2. The van der Waals surface area contributed by atoms with Crippen molar-refractivity contribution in [1.29, 1.82) is 0 Å². The predicted molar refractivity (Wildman–Crippen MR) is 114 cm³/mol. The Morgan fingerprint density at radius 1 is 1.21 bits per heavy atom. The molecule has 1 aliphatic heterocycles. The first kappa shape index (κ1) is 18.2. The van der Waals surface area contributed by atoms with Gasteiger partial charge in [-0.1, -0.05) is 18.2 Å². The zero-order valence-electron chi connectivity index (χ0n) is 17.4. The zero-order chi connectivity index (χ0) is 20.2. The first-order valence-electron chi connectivity index (χ1n) is 10.4.